The summed E-state index contributed by atoms with van der Waals surface area (Å²) in [5.74, 6) is -2.33. The van der Waals surface area contributed by atoms with Crippen molar-refractivity contribution in [3.8, 4) is 0 Å². The highest BCUT2D eigenvalue weighted by molar-refractivity contribution is 5.96. The minimum atomic E-state index is -1.35. The first-order chi connectivity index (χ1) is 7.89. The number of carboxylic acids is 1. The zero-order valence-electron chi connectivity index (χ0n) is 9.53. The Labute approximate surface area is 97.7 Å². The normalized spacial score (nSPS) is 13.8. The quantitative estimate of drug-likeness (QED) is 0.828. The number of hydrogen-bond donors (Lipinski definition) is 2. The summed E-state index contributed by atoms with van der Waals surface area (Å²) < 4.78 is 12.6. The second kappa shape index (κ2) is 4.90. The van der Waals surface area contributed by atoms with Crippen LogP contribution in [0, 0.1) is 5.82 Å². The van der Waals surface area contributed by atoms with Gasteiger partial charge in [0.2, 0.25) is 0 Å². The summed E-state index contributed by atoms with van der Waals surface area (Å²) in [7, 11) is 0. The van der Waals surface area contributed by atoms with Crippen molar-refractivity contribution in [3.63, 3.8) is 0 Å². The van der Waals surface area contributed by atoms with E-state index in [1.165, 1.54) is 13.0 Å². The van der Waals surface area contributed by atoms with Crippen molar-refractivity contribution in [2.24, 2.45) is 0 Å². The van der Waals surface area contributed by atoms with E-state index in [0.29, 0.717) is 0 Å². The maximum Gasteiger partial charge on any atom is 0.329 e. The lowest BCUT2D eigenvalue weighted by Crippen LogP contribution is -2.51. The lowest BCUT2D eigenvalue weighted by Gasteiger charge is -2.24. The van der Waals surface area contributed by atoms with Gasteiger partial charge in [0.1, 0.15) is 17.1 Å². The van der Waals surface area contributed by atoms with Crippen LogP contribution in [0.1, 0.15) is 30.8 Å². The van der Waals surface area contributed by atoms with E-state index in [0.717, 1.165) is 12.3 Å². The third-order valence-electron chi connectivity index (χ3n) is 2.53. The van der Waals surface area contributed by atoms with Crippen molar-refractivity contribution < 1.29 is 19.1 Å². The second-order valence-corrected chi connectivity index (χ2v) is 3.81. The molecule has 0 aliphatic carbocycles. The maximum absolute atomic E-state index is 12.6. The van der Waals surface area contributed by atoms with Crippen molar-refractivity contribution in [2.45, 2.75) is 25.8 Å². The molecule has 0 bridgehead atoms. The SMILES string of the molecule is CCC(C)(NC(=O)c1ccc(F)cn1)C(=O)O. The zero-order chi connectivity index (χ0) is 13.1. The molecule has 0 radical (unpaired) electrons. The molecule has 2 N–H and O–H groups in total. The van der Waals surface area contributed by atoms with Crippen LogP contribution < -0.4 is 5.32 Å². The number of carbonyl (C=O) groups excluding carboxylic acids is 1. The molecular weight excluding hydrogens is 227 g/mol. The van der Waals surface area contributed by atoms with Crippen LogP contribution in [0.2, 0.25) is 0 Å². The highest BCUT2D eigenvalue weighted by atomic mass is 19.1. The summed E-state index contributed by atoms with van der Waals surface area (Å²) in [5.41, 5.74) is -1.38. The molecule has 1 atom stereocenters. The van der Waals surface area contributed by atoms with Crippen LogP contribution in [0.15, 0.2) is 18.3 Å². The van der Waals surface area contributed by atoms with Gasteiger partial charge in [0.15, 0.2) is 0 Å². The smallest absolute Gasteiger partial charge is 0.329 e. The minimum Gasteiger partial charge on any atom is -0.480 e. The molecule has 0 aromatic carbocycles. The lowest BCUT2D eigenvalue weighted by atomic mass is 9.99. The maximum atomic E-state index is 12.6. The highest BCUT2D eigenvalue weighted by Gasteiger charge is 2.33. The standard InChI is InChI=1S/C11H13FN2O3/c1-3-11(2,10(16)17)14-9(15)8-5-4-7(12)6-13-8/h4-6H,3H2,1-2H3,(H,14,15)(H,16,17). The number of aliphatic carboxylic acids is 1. The number of carbonyl (C=O) groups is 2. The summed E-state index contributed by atoms with van der Waals surface area (Å²) in [5, 5.41) is 11.3. The molecule has 0 saturated carbocycles. The van der Waals surface area contributed by atoms with Gasteiger partial charge in [-0.05, 0) is 25.5 Å². The van der Waals surface area contributed by atoms with Crippen LogP contribution in [0.3, 0.4) is 0 Å². The summed E-state index contributed by atoms with van der Waals surface area (Å²) >= 11 is 0. The molecule has 0 saturated heterocycles. The van der Waals surface area contributed by atoms with Gasteiger partial charge in [-0.15, -0.1) is 0 Å². The number of rotatable bonds is 4. The Kier molecular flexibility index (Phi) is 3.77. The summed E-state index contributed by atoms with van der Waals surface area (Å²) in [6, 6.07) is 2.29. The molecule has 6 heteroatoms. The van der Waals surface area contributed by atoms with Crippen LogP contribution >= 0.6 is 0 Å². The molecule has 0 aliphatic rings. The van der Waals surface area contributed by atoms with Crippen LogP contribution in [0.5, 0.6) is 0 Å². The Morgan fingerprint density at radius 2 is 2.18 bits per heavy atom. The molecule has 0 aliphatic heterocycles. The van der Waals surface area contributed by atoms with E-state index in [1.54, 1.807) is 6.92 Å². The van der Waals surface area contributed by atoms with Crippen LogP contribution in [-0.4, -0.2) is 27.5 Å². The number of nitrogens with one attached hydrogen (secondary N) is 1. The Balaban J connectivity index is 2.85. The number of nitrogens with zero attached hydrogens (tertiary/aromatic N) is 1. The van der Waals surface area contributed by atoms with Gasteiger partial charge in [-0.3, -0.25) is 4.79 Å². The third-order valence-corrected chi connectivity index (χ3v) is 2.53. The van der Waals surface area contributed by atoms with Crippen LogP contribution in [-0.2, 0) is 4.79 Å². The van der Waals surface area contributed by atoms with Gasteiger partial charge in [-0.2, -0.15) is 0 Å². The van der Waals surface area contributed by atoms with Crippen molar-refractivity contribution >= 4 is 11.9 Å². The Hall–Kier alpha value is -1.98. The van der Waals surface area contributed by atoms with Crippen molar-refractivity contribution in [2.75, 3.05) is 0 Å². The topological polar surface area (TPSA) is 79.3 Å². The Bertz CT molecular complexity index is 433. The summed E-state index contributed by atoms with van der Waals surface area (Å²) in [6.45, 7) is 3.04. The molecule has 5 nitrogen and oxygen atoms in total. The van der Waals surface area contributed by atoms with Crippen molar-refractivity contribution in [3.05, 3.63) is 29.8 Å². The number of amides is 1. The fraction of sp³-hybridized carbons (Fsp3) is 0.364. The number of hydrogen-bond acceptors (Lipinski definition) is 3. The predicted molar refractivity (Wildman–Crippen MR) is 58.0 cm³/mol. The van der Waals surface area contributed by atoms with E-state index in [9.17, 15) is 14.0 Å². The lowest BCUT2D eigenvalue weighted by molar-refractivity contribution is -0.143. The van der Waals surface area contributed by atoms with E-state index in [-0.39, 0.29) is 12.1 Å². The van der Waals surface area contributed by atoms with E-state index in [2.05, 4.69) is 10.3 Å². The highest BCUT2D eigenvalue weighted by Crippen LogP contribution is 2.10. The molecule has 0 spiro atoms. The van der Waals surface area contributed by atoms with Gasteiger partial charge >= 0.3 is 5.97 Å². The molecular formula is C11H13FN2O3. The number of halogens is 1. The first kappa shape index (κ1) is 13.1. The molecule has 0 fully saturated rings. The third kappa shape index (κ3) is 2.99. The average molecular weight is 240 g/mol. The van der Waals surface area contributed by atoms with Gasteiger partial charge in [0.05, 0.1) is 6.20 Å². The molecule has 1 unspecified atom stereocenters. The minimum absolute atomic E-state index is 0.0210. The Morgan fingerprint density at radius 1 is 1.53 bits per heavy atom. The summed E-state index contributed by atoms with van der Waals surface area (Å²) in [4.78, 5) is 26.2. The molecule has 92 valence electrons. The first-order valence-corrected chi connectivity index (χ1v) is 5.06. The average Bonchev–Trinajstić information content (AvgIpc) is 2.29. The van der Waals surface area contributed by atoms with Gasteiger partial charge in [0.25, 0.3) is 5.91 Å². The van der Waals surface area contributed by atoms with E-state index < -0.39 is 23.2 Å². The van der Waals surface area contributed by atoms with Crippen molar-refractivity contribution in [1.82, 2.24) is 10.3 Å². The van der Waals surface area contributed by atoms with Crippen LogP contribution in [0.4, 0.5) is 4.39 Å². The molecule has 17 heavy (non-hydrogen) atoms. The number of aromatic nitrogens is 1. The van der Waals surface area contributed by atoms with E-state index >= 15 is 0 Å². The summed E-state index contributed by atoms with van der Waals surface area (Å²) in [6.07, 6.45) is 1.13. The molecule has 1 amide bonds. The zero-order valence-corrected chi connectivity index (χ0v) is 9.53. The van der Waals surface area contributed by atoms with Gasteiger partial charge in [0, 0.05) is 0 Å². The number of carboxylic acid groups (broad SMARTS) is 1. The molecule has 1 heterocycles. The first-order valence-electron chi connectivity index (χ1n) is 5.06. The second-order valence-electron chi connectivity index (χ2n) is 3.81. The molecule has 1 rings (SSSR count). The largest absolute Gasteiger partial charge is 0.480 e. The molecule has 1 aromatic rings. The predicted octanol–water partition coefficient (Wildman–Crippen LogP) is 1.20. The number of pyridine rings is 1. The van der Waals surface area contributed by atoms with Crippen molar-refractivity contribution in [1.29, 1.82) is 0 Å². The van der Waals surface area contributed by atoms with E-state index in [1.807, 2.05) is 0 Å². The fourth-order valence-electron chi connectivity index (χ4n) is 1.12. The monoisotopic (exact) mass is 240 g/mol. The van der Waals surface area contributed by atoms with Gasteiger partial charge in [-0.1, -0.05) is 6.92 Å². The van der Waals surface area contributed by atoms with Gasteiger partial charge < -0.3 is 10.4 Å². The molecule has 1 aromatic heterocycles. The Morgan fingerprint density at radius 3 is 2.59 bits per heavy atom. The van der Waals surface area contributed by atoms with E-state index in [4.69, 9.17) is 5.11 Å². The van der Waals surface area contributed by atoms with Gasteiger partial charge in [-0.25, -0.2) is 14.2 Å². The fourth-order valence-corrected chi connectivity index (χ4v) is 1.12. The van der Waals surface area contributed by atoms with Crippen LogP contribution in [0.25, 0.3) is 0 Å².